The molecular weight excluding hydrogens is 260 g/mol. The highest BCUT2D eigenvalue weighted by Gasteiger charge is 2.45. The molecule has 0 saturated heterocycles. The molecule has 2 rings (SSSR count). The molecule has 0 spiro atoms. The Balaban J connectivity index is 1.87. The van der Waals surface area contributed by atoms with Crippen LogP contribution in [0.1, 0.15) is 24.8 Å². The van der Waals surface area contributed by atoms with Gasteiger partial charge in [-0.1, -0.05) is 12.1 Å². The predicted molar refractivity (Wildman–Crippen MR) is 71.4 cm³/mol. The Morgan fingerprint density at radius 2 is 1.95 bits per heavy atom. The van der Waals surface area contributed by atoms with Crippen molar-refractivity contribution in [2.75, 3.05) is 20.3 Å². The Kier molecular flexibility index (Phi) is 4.61. The fourth-order valence-corrected chi connectivity index (χ4v) is 2.09. The number of hydrogen-bond acceptors (Lipinski definition) is 5. The van der Waals surface area contributed by atoms with Crippen molar-refractivity contribution in [3.05, 3.63) is 29.8 Å². The van der Waals surface area contributed by atoms with Gasteiger partial charge in [-0.05, 0) is 37.0 Å². The lowest BCUT2D eigenvalue weighted by molar-refractivity contribution is -0.145. The first-order chi connectivity index (χ1) is 9.65. The second-order valence-corrected chi connectivity index (χ2v) is 4.63. The van der Waals surface area contributed by atoms with E-state index >= 15 is 0 Å². The largest absolute Gasteiger partial charge is 0.482 e. The molecule has 1 aliphatic carbocycles. The summed E-state index contributed by atoms with van der Waals surface area (Å²) in [5, 5.41) is 0. The average Bonchev–Trinajstić information content (AvgIpc) is 3.26. The molecule has 0 unspecified atom stereocenters. The molecule has 1 aliphatic rings. The highest BCUT2D eigenvalue weighted by molar-refractivity contribution is 5.77. The summed E-state index contributed by atoms with van der Waals surface area (Å²) in [5.74, 6) is 0.287. The molecular formula is C15H18O5. The summed E-state index contributed by atoms with van der Waals surface area (Å²) < 4.78 is 14.8. The minimum Gasteiger partial charge on any atom is -0.482 e. The van der Waals surface area contributed by atoms with E-state index in [1.807, 2.05) is 19.1 Å². The molecule has 0 amide bonds. The van der Waals surface area contributed by atoms with Crippen LogP contribution in [0.15, 0.2) is 24.3 Å². The molecule has 0 radical (unpaired) electrons. The smallest absolute Gasteiger partial charge is 0.343 e. The van der Waals surface area contributed by atoms with Crippen molar-refractivity contribution in [1.82, 2.24) is 0 Å². The van der Waals surface area contributed by atoms with E-state index in [1.165, 1.54) is 7.11 Å². The summed E-state index contributed by atoms with van der Waals surface area (Å²) in [4.78, 5) is 22.5. The quantitative estimate of drug-likeness (QED) is 0.744. The number of esters is 2. The van der Waals surface area contributed by atoms with Crippen molar-refractivity contribution in [3.8, 4) is 5.75 Å². The van der Waals surface area contributed by atoms with Gasteiger partial charge in [-0.25, -0.2) is 4.79 Å². The van der Waals surface area contributed by atoms with E-state index in [2.05, 4.69) is 4.74 Å². The number of carbonyl (C=O) groups is 2. The molecule has 0 aliphatic heterocycles. The molecule has 0 heterocycles. The second kappa shape index (κ2) is 6.41. The molecule has 0 N–H and O–H groups in total. The van der Waals surface area contributed by atoms with Crippen LogP contribution < -0.4 is 4.74 Å². The van der Waals surface area contributed by atoms with Crippen molar-refractivity contribution in [2.24, 2.45) is 5.92 Å². The standard InChI is InChI=1S/C15H18O5/c1-3-19-15(17)13-8-12(13)10-4-6-11(7-5-10)20-9-14(16)18-2/h4-7,12-13H,3,8-9H2,1-2H3/t12-,13+/m1/s1. The van der Waals surface area contributed by atoms with E-state index < -0.39 is 5.97 Å². The van der Waals surface area contributed by atoms with Crippen LogP contribution in [0.5, 0.6) is 5.75 Å². The van der Waals surface area contributed by atoms with E-state index in [1.54, 1.807) is 12.1 Å². The molecule has 1 saturated carbocycles. The number of rotatable bonds is 6. The van der Waals surface area contributed by atoms with Crippen molar-refractivity contribution >= 4 is 11.9 Å². The monoisotopic (exact) mass is 278 g/mol. The normalized spacial score (nSPS) is 20.1. The summed E-state index contributed by atoms with van der Waals surface area (Å²) in [6.45, 7) is 2.12. The fraction of sp³-hybridized carbons (Fsp3) is 0.467. The minimum absolute atomic E-state index is 0.0169. The zero-order valence-corrected chi connectivity index (χ0v) is 11.6. The molecule has 1 fully saturated rings. The number of ether oxygens (including phenoxy) is 3. The maximum absolute atomic E-state index is 11.6. The Hall–Kier alpha value is -2.04. The third-order valence-corrected chi connectivity index (χ3v) is 3.27. The van der Waals surface area contributed by atoms with Crippen LogP contribution in [0.4, 0.5) is 0 Å². The van der Waals surface area contributed by atoms with Gasteiger partial charge in [-0.15, -0.1) is 0 Å². The zero-order chi connectivity index (χ0) is 14.5. The van der Waals surface area contributed by atoms with Gasteiger partial charge in [0.25, 0.3) is 0 Å². The Morgan fingerprint density at radius 3 is 2.55 bits per heavy atom. The molecule has 20 heavy (non-hydrogen) atoms. The lowest BCUT2D eigenvalue weighted by atomic mass is 10.1. The molecule has 2 atom stereocenters. The van der Waals surface area contributed by atoms with E-state index in [4.69, 9.17) is 9.47 Å². The van der Waals surface area contributed by atoms with Gasteiger partial charge in [0, 0.05) is 0 Å². The van der Waals surface area contributed by atoms with Crippen LogP contribution in [0.25, 0.3) is 0 Å². The Morgan fingerprint density at radius 1 is 1.25 bits per heavy atom. The first kappa shape index (κ1) is 14.4. The molecule has 1 aromatic rings. The molecule has 5 nitrogen and oxygen atoms in total. The van der Waals surface area contributed by atoms with Crippen molar-refractivity contribution in [2.45, 2.75) is 19.3 Å². The highest BCUT2D eigenvalue weighted by atomic mass is 16.6. The van der Waals surface area contributed by atoms with Gasteiger partial charge in [0.1, 0.15) is 5.75 Å². The van der Waals surface area contributed by atoms with Gasteiger partial charge in [0.05, 0.1) is 19.6 Å². The summed E-state index contributed by atoms with van der Waals surface area (Å²) in [6.07, 6.45) is 0.835. The molecule has 0 aromatic heterocycles. The zero-order valence-electron chi connectivity index (χ0n) is 11.6. The molecule has 0 bridgehead atoms. The summed E-state index contributed by atoms with van der Waals surface area (Å²) in [7, 11) is 1.32. The Bertz CT molecular complexity index is 480. The van der Waals surface area contributed by atoms with Crippen LogP contribution >= 0.6 is 0 Å². The summed E-state index contributed by atoms with van der Waals surface area (Å²) in [5.41, 5.74) is 1.09. The van der Waals surface area contributed by atoms with Crippen molar-refractivity contribution < 1.29 is 23.8 Å². The van der Waals surface area contributed by atoms with E-state index in [0.29, 0.717) is 12.4 Å². The van der Waals surface area contributed by atoms with Gasteiger partial charge in [-0.2, -0.15) is 0 Å². The molecule has 108 valence electrons. The lowest BCUT2D eigenvalue weighted by Crippen LogP contribution is -2.12. The number of carbonyl (C=O) groups excluding carboxylic acids is 2. The Labute approximate surface area is 117 Å². The van der Waals surface area contributed by atoms with E-state index in [9.17, 15) is 9.59 Å². The van der Waals surface area contributed by atoms with E-state index in [0.717, 1.165) is 12.0 Å². The fourth-order valence-electron chi connectivity index (χ4n) is 2.09. The van der Waals surface area contributed by atoms with Crippen LogP contribution in [0.3, 0.4) is 0 Å². The van der Waals surface area contributed by atoms with Gasteiger partial charge in [0.2, 0.25) is 0 Å². The highest BCUT2D eigenvalue weighted by Crippen LogP contribution is 2.48. The maximum Gasteiger partial charge on any atom is 0.343 e. The van der Waals surface area contributed by atoms with Gasteiger partial charge >= 0.3 is 11.9 Å². The van der Waals surface area contributed by atoms with E-state index in [-0.39, 0.29) is 24.4 Å². The molecule has 1 aromatic carbocycles. The van der Waals surface area contributed by atoms with Crippen LogP contribution in [0.2, 0.25) is 0 Å². The van der Waals surface area contributed by atoms with Crippen LogP contribution in [-0.2, 0) is 19.1 Å². The van der Waals surface area contributed by atoms with Gasteiger partial charge < -0.3 is 14.2 Å². The van der Waals surface area contributed by atoms with Gasteiger partial charge in [0.15, 0.2) is 6.61 Å². The number of hydrogen-bond donors (Lipinski definition) is 0. The second-order valence-electron chi connectivity index (χ2n) is 4.63. The molecule has 5 heteroatoms. The van der Waals surface area contributed by atoms with Crippen LogP contribution in [-0.4, -0.2) is 32.3 Å². The topological polar surface area (TPSA) is 61.8 Å². The van der Waals surface area contributed by atoms with Crippen LogP contribution in [0, 0.1) is 5.92 Å². The maximum atomic E-state index is 11.6. The summed E-state index contributed by atoms with van der Waals surface area (Å²) in [6, 6.07) is 7.41. The SMILES string of the molecule is CCOC(=O)[C@H]1C[C@@H]1c1ccc(OCC(=O)OC)cc1. The lowest BCUT2D eigenvalue weighted by Gasteiger charge is -2.06. The van der Waals surface area contributed by atoms with Crippen molar-refractivity contribution in [3.63, 3.8) is 0 Å². The first-order valence-electron chi connectivity index (χ1n) is 6.62. The summed E-state index contributed by atoms with van der Waals surface area (Å²) >= 11 is 0. The third kappa shape index (κ3) is 3.50. The van der Waals surface area contributed by atoms with Crippen molar-refractivity contribution in [1.29, 1.82) is 0 Å². The predicted octanol–water partition coefficient (Wildman–Crippen LogP) is 1.91. The first-order valence-corrected chi connectivity index (χ1v) is 6.62. The third-order valence-electron chi connectivity index (χ3n) is 3.27. The number of benzene rings is 1. The van der Waals surface area contributed by atoms with Gasteiger partial charge in [-0.3, -0.25) is 4.79 Å². The average molecular weight is 278 g/mol. The minimum atomic E-state index is -0.418. The number of methoxy groups -OCH3 is 1.